The second-order valence-electron chi connectivity index (χ2n) is 8.36. The monoisotopic (exact) mass is 377 g/mol. The zero-order valence-corrected chi connectivity index (χ0v) is 18.3. The SMILES string of the molecule is C=C(CN)CCC(=C)CCCCCCCCCCCCCCCCC(C)=O. The van der Waals surface area contributed by atoms with Crippen molar-refractivity contribution in [1.82, 2.24) is 0 Å². The maximum atomic E-state index is 10.8. The Morgan fingerprint density at radius 3 is 1.26 bits per heavy atom. The number of unbranched alkanes of at least 4 members (excludes halogenated alkanes) is 13. The Bertz CT molecular complexity index is 386. The first kappa shape index (κ1) is 26.1. The minimum absolute atomic E-state index is 0.338. The number of rotatable bonds is 21. The number of hydrogen-bond acceptors (Lipinski definition) is 2. The van der Waals surface area contributed by atoms with Crippen LogP contribution in [0, 0.1) is 0 Å². The molecule has 0 fully saturated rings. The zero-order chi connectivity index (χ0) is 20.2. The van der Waals surface area contributed by atoms with Crippen LogP contribution < -0.4 is 5.73 Å². The first-order chi connectivity index (χ1) is 13.1. The van der Waals surface area contributed by atoms with Crippen molar-refractivity contribution >= 4 is 5.78 Å². The van der Waals surface area contributed by atoms with Gasteiger partial charge in [0.05, 0.1) is 0 Å². The molecule has 0 saturated carbocycles. The summed E-state index contributed by atoms with van der Waals surface area (Å²) in [7, 11) is 0. The molecule has 0 atom stereocenters. The summed E-state index contributed by atoms with van der Waals surface area (Å²) in [5, 5.41) is 0. The van der Waals surface area contributed by atoms with E-state index in [-0.39, 0.29) is 0 Å². The topological polar surface area (TPSA) is 43.1 Å². The van der Waals surface area contributed by atoms with E-state index in [1.165, 1.54) is 95.5 Å². The summed E-state index contributed by atoms with van der Waals surface area (Å²) in [6, 6.07) is 0. The Morgan fingerprint density at radius 1 is 0.556 bits per heavy atom. The third-order valence-electron chi connectivity index (χ3n) is 5.43. The molecule has 0 rings (SSSR count). The number of carbonyl (C=O) groups excluding carboxylic acids is 1. The average Bonchev–Trinajstić information content (AvgIpc) is 2.65. The van der Waals surface area contributed by atoms with Crippen LogP contribution in [-0.4, -0.2) is 12.3 Å². The molecule has 0 aromatic rings. The molecule has 0 aliphatic carbocycles. The van der Waals surface area contributed by atoms with Gasteiger partial charge < -0.3 is 10.5 Å². The Balaban J connectivity index is 3.15. The van der Waals surface area contributed by atoms with E-state index in [4.69, 9.17) is 5.73 Å². The number of allylic oxidation sites excluding steroid dienone is 1. The van der Waals surface area contributed by atoms with E-state index in [9.17, 15) is 4.79 Å². The van der Waals surface area contributed by atoms with Crippen molar-refractivity contribution in [3.63, 3.8) is 0 Å². The highest BCUT2D eigenvalue weighted by atomic mass is 16.1. The van der Waals surface area contributed by atoms with Crippen molar-refractivity contribution in [2.75, 3.05) is 6.54 Å². The number of Topliss-reactive ketones (excluding diaryl/α,β-unsaturated/α-hetero) is 1. The summed E-state index contributed by atoms with van der Waals surface area (Å²) in [5.41, 5.74) is 8.07. The molecule has 27 heavy (non-hydrogen) atoms. The lowest BCUT2D eigenvalue weighted by Gasteiger charge is -2.07. The van der Waals surface area contributed by atoms with Gasteiger partial charge in [-0.3, -0.25) is 0 Å². The van der Waals surface area contributed by atoms with E-state index in [0.29, 0.717) is 12.3 Å². The second-order valence-corrected chi connectivity index (χ2v) is 8.36. The van der Waals surface area contributed by atoms with Crippen LogP contribution in [-0.2, 0) is 4.79 Å². The van der Waals surface area contributed by atoms with Gasteiger partial charge in [0.1, 0.15) is 5.78 Å². The maximum absolute atomic E-state index is 10.8. The summed E-state index contributed by atoms with van der Waals surface area (Å²) in [4.78, 5) is 10.8. The molecule has 2 N–H and O–H groups in total. The van der Waals surface area contributed by atoms with Gasteiger partial charge in [-0.1, -0.05) is 101 Å². The van der Waals surface area contributed by atoms with Crippen molar-refractivity contribution in [2.45, 2.75) is 122 Å². The van der Waals surface area contributed by atoms with Crippen molar-refractivity contribution < 1.29 is 4.79 Å². The molecule has 0 aliphatic heterocycles. The molecule has 0 aliphatic rings. The van der Waals surface area contributed by atoms with Gasteiger partial charge >= 0.3 is 0 Å². The Kier molecular flexibility index (Phi) is 19.2. The lowest BCUT2D eigenvalue weighted by Crippen LogP contribution is -2.01. The van der Waals surface area contributed by atoms with Crippen molar-refractivity contribution in [3.8, 4) is 0 Å². The molecule has 0 radical (unpaired) electrons. The van der Waals surface area contributed by atoms with E-state index in [2.05, 4.69) is 13.2 Å². The molecule has 0 saturated heterocycles. The molecular weight excluding hydrogens is 330 g/mol. The van der Waals surface area contributed by atoms with Gasteiger partial charge in [0.25, 0.3) is 0 Å². The highest BCUT2D eigenvalue weighted by molar-refractivity contribution is 5.75. The van der Waals surface area contributed by atoms with Crippen LogP contribution in [0.1, 0.15) is 122 Å². The van der Waals surface area contributed by atoms with Gasteiger partial charge in [-0.2, -0.15) is 0 Å². The molecule has 0 unspecified atom stereocenters. The van der Waals surface area contributed by atoms with Gasteiger partial charge in [0.15, 0.2) is 0 Å². The fourth-order valence-corrected chi connectivity index (χ4v) is 3.45. The van der Waals surface area contributed by atoms with Gasteiger partial charge in [-0.25, -0.2) is 0 Å². The normalized spacial score (nSPS) is 10.9. The maximum Gasteiger partial charge on any atom is 0.129 e. The van der Waals surface area contributed by atoms with Crippen LogP contribution in [0.25, 0.3) is 0 Å². The van der Waals surface area contributed by atoms with Crippen LogP contribution in [0.3, 0.4) is 0 Å². The van der Waals surface area contributed by atoms with Crippen LogP contribution in [0.4, 0.5) is 0 Å². The van der Waals surface area contributed by atoms with Gasteiger partial charge in [-0.05, 0) is 39.0 Å². The number of ketones is 1. The Labute approximate surface area is 170 Å². The number of nitrogens with two attached hydrogens (primary N) is 1. The fourth-order valence-electron chi connectivity index (χ4n) is 3.45. The molecule has 0 aromatic heterocycles. The van der Waals surface area contributed by atoms with Gasteiger partial charge in [0, 0.05) is 13.0 Å². The van der Waals surface area contributed by atoms with E-state index < -0.39 is 0 Å². The molecule has 0 bridgehead atoms. The Hall–Kier alpha value is -0.890. The van der Waals surface area contributed by atoms with Crippen molar-refractivity contribution in [2.24, 2.45) is 5.73 Å². The lowest BCUT2D eigenvalue weighted by molar-refractivity contribution is -0.117. The molecule has 158 valence electrons. The van der Waals surface area contributed by atoms with E-state index in [1.807, 2.05) is 0 Å². The molecule has 2 nitrogen and oxygen atoms in total. The number of carbonyl (C=O) groups is 1. The smallest absolute Gasteiger partial charge is 0.129 e. The molecule has 0 amide bonds. The van der Waals surface area contributed by atoms with Crippen molar-refractivity contribution in [1.29, 1.82) is 0 Å². The predicted octanol–water partition coefficient (Wildman–Crippen LogP) is 7.67. The van der Waals surface area contributed by atoms with E-state index >= 15 is 0 Å². The molecule has 0 aromatic carbocycles. The summed E-state index contributed by atoms with van der Waals surface area (Å²) in [6.45, 7) is 10.4. The third-order valence-corrected chi connectivity index (χ3v) is 5.43. The molecule has 0 heterocycles. The highest BCUT2D eigenvalue weighted by Gasteiger charge is 1.98. The summed E-state index contributed by atoms with van der Waals surface area (Å²) in [6.07, 6.45) is 22.8. The molecule has 0 spiro atoms. The van der Waals surface area contributed by atoms with Gasteiger partial charge in [0.2, 0.25) is 0 Å². The largest absolute Gasteiger partial charge is 0.327 e. The molecule has 2 heteroatoms. The van der Waals surface area contributed by atoms with Crippen LogP contribution in [0.15, 0.2) is 24.3 Å². The van der Waals surface area contributed by atoms with Crippen LogP contribution in [0.5, 0.6) is 0 Å². The van der Waals surface area contributed by atoms with E-state index in [0.717, 1.165) is 31.3 Å². The summed E-state index contributed by atoms with van der Waals surface area (Å²) in [5.74, 6) is 0.338. The first-order valence-corrected chi connectivity index (χ1v) is 11.6. The summed E-state index contributed by atoms with van der Waals surface area (Å²) >= 11 is 0. The van der Waals surface area contributed by atoms with E-state index in [1.54, 1.807) is 6.92 Å². The number of hydrogen-bond donors (Lipinski definition) is 1. The third kappa shape index (κ3) is 21.3. The first-order valence-electron chi connectivity index (χ1n) is 11.6. The summed E-state index contributed by atoms with van der Waals surface area (Å²) < 4.78 is 0. The average molecular weight is 378 g/mol. The fraction of sp³-hybridized carbons (Fsp3) is 0.800. The minimum Gasteiger partial charge on any atom is -0.327 e. The lowest BCUT2D eigenvalue weighted by atomic mass is 10.0. The highest BCUT2D eigenvalue weighted by Crippen LogP contribution is 2.17. The predicted molar refractivity (Wildman–Crippen MR) is 121 cm³/mol. The van der Waals surface area contributed by atoms with Crippen LogP contribution >= 0.6 is 0 Å². The standard InChI is InChI=1S/C25H47NO/c1-23(20-21-24(2)22-26)18-16-14-12-10-8-6-4-5-7-9-11-13-15-17-19-25(3)27/h1-2,4-22,26H2,3H3. The van der Waals surface area contributed by atoms with Gasteiger partial charge in [-0.15, -0.1) is 0 Å². The minimum atomic E-state index is 0.338. The molecular formula is C25H47NO. The Morgan fingerprint density at radius 2 is 0.889 bits per heavy atom. The van der Waals surface area contributed by atoms with Crippen molar-refractivity contribution in [3.05, 3.63) is 24.3 Å². The quantitative estimate of drug-likeness (QED) is 0.165. The second kappa shape index (κ2) is 19.9. The van der Waals surface area contributed by atoms with Crippen LogP contribution in [0.2, 0.25) is 0 Å². The zero-order valence-electron chi connectivity index (χ0n) is 18.3.